The van der Waals surface area contributed by atoms with Gasteiger partial charge < -0.3 is 5.32 Å². The molecular weight excluding hydrogens is 272 g/mol. The summed E-state index contributed by atoms with van der Waals surface area (Å²) in [6.07, 6.45) is 3.75. The second-order valence-corrected chi connectivity index (χ2v) is 7.35. The van der Waals surface area contributed by atoms with Crippen molar-refractivity contribution in [3.8, 4) is 0 Å². The number of aryl methyl sites for hydroxylation is 1. The maximum Gasteiger partial charge on any atom is 0.243 e. The Kier molecular flexibility index (Phi) is 5.18. The molecule has 1 heterocycles. The number of sulfonamides is 1. The third-order valence-electron chi connectivity index (χ3n) is 4.07. The number of nitrogens with zero attached hydrogens (tertiary/aromatic N) is 1. The van der Waals surface area contributed by atoms with E-state index in [1.807, 2.05) is 12.1 Å². The Morgan fingerprint density at radius 2 is 1.90 bits per heavy atom. The first-order valence-corrected chi connectivity index (χ1v) is 8.77. The highest BCUT2D eigenvalue weighted by molar-refractivity contribution is 7.89. The fourth-order valence-corrected chi connectivity index (χ4v) is 4.04. The summed E-state index contributed by atoms with van der Waals surface area (Å²) in [5, 5.41) is 3.32. The van der Waals surface area contributed by atoms with Gasteiger partial charge in [-0.2, -0.15) is 4.31 Å². The molecule has 1 aliphatic heterocycles. The standard InChI is InChI=1S/C15H24N2O2S/c1-3-13-6-8-15(9-7-13)20(18,19)17(2)14-5-4-11-16-12-10-14/h6-9,14,16H,3-5,10-12H2,1-2H3. The smallest absolute Gasteiger partial charge is 0.243 e. The Balaban J connectivity index is 2.18. The molecule has 0 amide bonds. The minimum Gasteiger partial charge on any atom is -0.317 e. The van der Waals surface area contributed by atoms with Gasteiger partial charge in [0.1, 0.15) is 0 Å². The van der Waals surface area contributed by atoms with E-state index >= 15 is 0 Å². The molecule has 2 rings (SSSR count). The van der Waals surface area contributed by atoms with Crippen molar-refractivity contribution in [3.63, 3.8) is 0 Å². The van der Waals surface area contributed by atoms with Gasteiger partial charge in [-0.15, -0.1) is 0 Å². The van der Waals surface area contributed by atoms with Gasteiger partial charge in [0.2, 0.25) is 10.0 Å². The zero-order valence-corrected chi connectivity index (χ0v) is 13.1. The molecule has 0 bridgehead atoms. The summed E-state index contributed by atoms with van der Waals surface area (Å²) >= 11 is 0. The van der Waals surface area contributed by atoms with Crippen LogP contribution in [0.25, 0.3) is 0 Å². The van der Waals surface area contributed by atoms with E-state index in [1.165, 1.54) is 0 Å². The van der Waals surface area contributed by atoms with Crippen LogP contribution in [0.3, 0.4) is 0 Å². The van der Waals surface area contributed by atoms with Crippen LogP contribution in [0.1, 0.15) is 31.7 Å². The summed E-state index contributed by atoms with van der Waals surface area (Å²) in [6.45, 7) is 3.93. The summed E-state index contributed by atoms with van der Waals surface area (Å²) in [5.41, 5.74) is 1.16. The highest BCUT2D eigenvalue weighted by Gasteiger charge is 2.28. The van der Waals surface area contributed by atoms with Crippen molar-refractivity contribution in [2.24, 2.45) is 0 Å². The molecule has 1 aromatic rings. The van der Waals surface area contributed by atoms with E-state index < -0.39 is 10.0 Å². The lowest BCUT2D eigenvalue weighted by Crippen LogP contribution is -2.37. The number of hydrogen-bond donors (Lipinski definition) is 1. The van der Waals surface area contributed by atoms with Gasteiger partial charge in [0.05, 0.1) is 4.90 Å². The maximum atomic E-state index is 12.6. The lowest BCUT2D eigenvalue weighted by atomic mass is 10.1. The van der Waals surface area contributed by atoms with Crippen molar-refractivity contribution in [3.05, 3.63) is 29.8 Å². The van der Waals surface area contributed by atoms with E-state index in [-0.39, 0.29) is 6.04 Å². The maximum absolute atomic E-state index is 12.6. The minimum atomic E-state index is -3.37. The van der Waals surface area contributed by atoms with Gasteiger partial charge in [-0.3, -0.25) is 0 Å². The van der Waals surface area contributed by atoms with Crippen LogP contribution < -0.4 is 5.32 Å². The second kappa shape index (κ2) is 6.70. The summed E-state index contributed by atoms with van der Waals surface area (Å²) in [5.74, 6) is 0. The normalized spacial score (nSPS) is 20.9. The quantitative estimate of drug-likeness (QED) is 0.924. The van der Waals surface area contributed by atoms with E-state index in [4.69, 9.17) is 0 Å². The Morgan fingerprint density at radius 3 is 2.55 bits per heavy atom. The molecule has 1 aliphatic rings. The third kappa shape index (κ3) is 3.40. The van der Waals surface area contributed by atoms with E-state index in [9.17, 15) is 8.42 Å². The monoisotopic (exact) mass is 296 g/mol. The molecule has 1 fully saturated rings. The summed E-state index contributed by atoms with van der Waals surface area (Å²) in [4.78, 5) is 0.398. The lowest BCUT2D eigenvalue weighted by Gasteiger charge is -2.26. The molecule has 0 aromatic heterocycles. The van der Waals surface area contributed by atoms with E-state index in [2.05, 4.69) is 12.2 Å². The van der Waals surface area contributed by atoms with Gasteiger partial charge in [0.25, 0.3) is 0 Å². The van der Waals surface area contributed by atoms with Crippen LogP contribution in [0.15, 0.2) is 29.2 Å². The molecule has 5 heteroatoms. The third-order valence-corrected chi connectivity index (χ3v) is 5.99. The van der Waals surface area contributed by atoms with Crippen LogP contribution in [-0.4, -0.2) is 38.9 Å². The second-order valence-electron chi connectivity index (χ2n) is 5.35. The molecule has 0 radical (unpaired) electrons. The van der Waals surface area contributed by atoms with Gasteiger partial charge in [-0.05, 0) is 56.5 Å². The fourth-order valence-electron chi connectivity index (χ4n) is 2.62. The number of hydrogen-bond acceptors (Lipinski definition) is 3. The van der Waals surface area contributed by atoms with E-state index in [0.717, 1.165) is 44.3 Å². The topological polar surface area (TPSA) is 49.4 Å². The number of benzene rings is 1. The Bertz CT molecular complexity index is 517. The first-order valence-electron chi connectivity index (χ1n) is 7.33. The largest absolute Gasteiger partial charge is 0.317 e. The summed E-state index contributed by atoms with van der Waals surface area (Å²) in [6, 6.07) is 7.34. The zero-order chi connectivity index (χ0) is 14.6. The predicted octanol–water partition coefficient (Wildman–Crippen LogP) is 2.01. The molecular formula is C15H24N2O2S. The van der Waals surface area contributed by atoms with Gasteiger partial charge in [-0.1, -0.05) is 19.1 Å². The van der Waals surface area contributed by atoms with Gasteiger partial charge in [0.15, 0.2) is 0 Å². The van der Waals surface area contributed by atoms with E-state index in [0.29, 0.717) is 4.90 Å². The first kappa shape index (κ1) is 15.5. The van der Waals surface area contributed by atoms with Crippen LogP contribution in [0.4, 0.5) is 0 Å². The molecule has 0 aliphatic carbocycles. The lowest BCUT2D eigenvalue weighted by molar-refractivity contribution is 0.341. The summed E-state index contributed by atoms with van der Waals surface area (Å²) < 4.78 is 26.9. The van der Waals surface area contributed by atoms with Crippen LogP contribution in [0.5, 0.6) is 0 Å². The highest BCUT2D eigenvalue weighted by Crippen LogP contribution is 2.21. The van der Waals surface area contributed by atoms with Crippen LogP contribution in [0.2, 0.25) is 0 Å². The molecule has 1 saturated heterocycles. The van der Waals surface area contributed by atoms with Gasteiger partial charge in [0, 0.05) is 13.1 Å². The molecule has 20 heavy (non-hydrogen) atoms. The average molecular weight is 296 g/mol. The molecule has 4 nitrogen and oxygen atoms in total. The molecule has 1 atom stereocenters. The molecule has 0 spiro atoms. The number of rotatable bonds is 4. The Hall–Kier alpha value is -0.910. The van der Waals surface area contributed by atoms with Crippen molar-refractivity contribution in [1.29, 1.82) is 0 Å². The van der Waals surface area contributed by atoms with Crippen molar-refractivity contribution in [2.75, 3.05) is 20.1 Å². The molecule has 1 unspecified atom stereocenters. The Labute approximate surface area is 122 Å². The molecule has 112 valence electrons. The average Bonchev–Trinajstić information content (AvgIpc) is 2.75. The van der Waals surface area contributed by atoms with Gasteiger partial charge >= 0.3 is 0 Å². The van der Waals surface area contributed by atoms with Crippen LogP contribution in [0, 0.1) is 0 Å². The van der Waals surface area contributed by atoms with Crippen molar-refractivity contribution >= 4 is 10.0 Å². The summed E-state index contributed by atoms with van der Waals surface area (Å²) in [7, 11) is -1.67. The Morgan fingerprint density at radius 1 is 1.20 bits per heavy atom. The SMILES string of the molecule is CCc1ccc(S(=O)(=O)N(C)C2CCCNCC2)cc1. The number of nitrogens with one attached hydrogen (secondary N) is 1. The van der Waals surface area contributed by atoms with E-state index in [1.54, 1.807) is 23.5 Å². The van der Waals surface area contributed by atoms with Gasteiger partial charge in [-0.25, -0.2) is 8.42 Å². The minimum absolute atomic E-state index is 0.0980. The fraction of sp³-hybridized carbons (Fsp3) is 0.600. The predicted molar refractivity (Wildman–Crippen MR) is 81.3 cm³/mol. The zero-order valence-electron chi connectivity index (χ0n) is 12.3. The molecule has 0 saturated carbocycles. The van der Waals surface area contributed by atoms with Crippen LogP contribution >= 0.6 is 0 Å². The van der Waals surface area contributed by atoms with Crippen molar-refractivity contribution in [2.45, 2.75) is 43.5 Å². The van der Waals surface area contributed by atoms with Crippen molar-refractivity contribution < 1.29 is 8.42 Å². The molecule has 1 aromatic carbocycles. The highest BCUT2D eigenvalue weighted by atomic mass is 32.2. The molecule has 1 N–H and O–H groups in total. The van der Waals surface area contributed by atoms with Crippen molar-refractivity contribution in [1.82, 2.24) is 9.62 Å². The first-order chi connectivity index (χ1) is 9.55. The van der Waals surface area contributed by atoms with Crippen LogP contribution in [-0.2, 0) is 16.4 Å².